The van der Waals surface area contributed by atoms with Crippen molar-refractivity contribution in [3.05, 3.63) is 35.4 Å². The molecule has 1 heterocycles. The third kappa shape index (κ3) is 3.96. The van der Waals surface area contributed by atoms with Gasteiger partial charge in [-0.2, -0.15) is 13.2 Å². The predicted octanol–water partition coefficient (Wildman–Crippen LogP) is 4.33. The van der Waals surface area contributed by atoms with Gasteiger partial charge in [-0.05, 0) is 49.5 Å². The van der Waals surface area contributed by atoms with Crippen LogP contribution in [0.2, 0.25) is 0 Å². The van der Waals surface area contributed by atoms with E-state index in [0.29, 0.717) is 0 Å². The Labute approximate surface area is 112 Å². The second-order valence-corrected chi connectivity index (χ2v) is 5.32. The highest BCUT2D eigenvalue weighted by Gasteiger charge is 2.30. The molecule has 0 spiro atoms. The average Bonchev–Trinajstić information content (AvgIpc) is 2.39. The van der Waals surface area contributed by atoms with E-state index in [1.54, 1.807) is 12.1 Å². The van der Waals surface area contributed by atoms with Crippen LogP contribution in [-0.4, -0.2) is 18.0 Å². The summed E-state index contributed by atoms with van der Waals surface area (Å²) in [6.07, 6.45) is -0.597. The summed E-state index contributed by atoms with van der Waals surface area (Å²) in [5, 5.41) is 0. The normalized spacial score (nSPS) is 18.7. The third-order valence-electron chi connectivity index (χ3n) is 3.97. The van der Waals surface area contributed by atoms with E-state index in [-0.39, 0.29) is 0 Å². The van der Waals surface area contributed by atoms with Crippen molar-refractivity contribution in [2.24, 2.45) is 5.92 Å². The number of benzene rings is 1. The molecule has 1 aromatic rings. The number of rotatable bonds is 3. The highest BCUT2D eigenvalue weighted by atomic mass is 19.4. The topological polar surface area (TPSA) is 3.24 Å². The van der Waals surface area contributed by atoms with Crippen LogP contribution in [0.4, 0.5) is 13.2 Å². The quantitative estimate of drug-likeness (QED) is 0.791. The number of nitrogens with zero attached hydrogens (tertiary/aromatic N) is 1. The molecule has 0 unspecified atom stereocenters. The summed E-state index contributed by atoms with van der Waals surface area (Å²) in [4.78, 5) is 2.33. The van der Waals surface area contributed by atoms with E-state index in [1.165, 1.54) is 31.4 Å². The summed E-state index contributed by atoms with van der Waals surface area (Å²) in [6, 6.07) is 5.53. The largest absolute Gasteiger partial charge is 0.416 e. The Morgan fingerprint density at radius 3 is 2.16 bits per heavy atom. The van der Waals surface area contributed by atoms with Gasteiger partial charge in [0.15, 0.2) is 0 Å². The Morgan fingerprint density at radius 1 is 1.11 bits per heavy atom. The molecule has 0 saturated carbocycles. The molecule has 1 nitrogen and oxygen atoms in total. The maximum absolute atomic E-state index is 12.4. The van der Waals surface area contributed by atoms with Crippen molar-refractivity contribution >= 4 is 0 Å². The molecule has 1 aliphatic heterocycles. The van der Waals surface area contributed by atoms with E-state index < -0.39 is 11.7 Å². The van der Waals surface area contributed by atoms with Crippen molar-refractivity contribution < 1.29 is 13.2 Å². The summed E-state index contributed by atoms with van der Waals surface area (Å²) in [7, 11) is 0. The Hall–Kier alpha value is -1.03. The number of alkyl halides is 3. The van der Waals surface area contributed by atoms with Crippen LogP contribution in [0.15, 0.2) is 24.3 Å². The zero-order valence-corrected chi connectivity index (χ0v) is 11.2. The molecule has 4 heteroatoms. The second-order valence-electron chi connectivity index (χ2n) is 5.32. The molecule has 0 N–H and O–H groups in total. The summed E-state index contributed by atoms with van der Waals surface area (Å²) < 4.78 is 37.3. The van der Waals surface area contributed by atoms with E-state index in [4.69, 9.17) is 0 Å². The first-order valence-electron chi connectivity index (χ1n) is 6.87. The molecular formula is C15H20F3N. The first kappa shape index (κ1) is 14.4. The molecular weight excluding hydrogens is 251 g/mol. The zero-order valence-electron chi connectivity index (χ0n) is 11.2. The molecule has 0 radical (unpaired) electrons. The minimum absolute atomic E-state index is 0.569. The molecule has 2 rings (SSSR count). The lowest BCUT2D eigenvalue weighted by molar-refractivity contribution is -0.137. The van der Waals surface area contributed by atoms with Gasteiger partial charge in [0.2, 0.25) is 0 Å². The fourth-order valence-corrected chi connectivity index (χ4v) is 2.61. The maximum atomic E-state index is 12.4. The predicted molar refractivity (Wildman–Crippen MR) is 69.7 cm³/mol. The van der Waals surface area contributed by atoms with E-state index in [0.717, 1.165) is 31.1 Å². The summed E-state index contributed by atoms with van der Waals surface area (Å²) in [5.41, 5.74) is 0.392. The molecule has 0 atom stereocenters. The van der Waals surface area contributed by atoms with Crippen molar-refractivity contribution in [2.45, 2.75) is 38.9 Å². The Balaban J connectivity index is 1.90. The fourth-order valence-electron chi connectivity index (χ4n) is 2.61. The Morgan fingerprint density at radius 2 is 1.68 bits per heavy atom. The van der Waals surface area contributed by atoms with Gasteiger partial charge in [0.05, 0.1) is 5.56 Å². The molecule has 19 heavy (non-hydrogen) atoms. The number of halogens is 3. The number of likely N-dealkylation sites (tertiary alicyclic amines) is 1. The molecule has 0 amide bonds. The van der Waals surface area contributed by atoms with Crippen molar-refractivity contribution in [1.29, 1.82) is 0 Å². The molecule has 1 aromatic carbocycles. The zero-order chi connectivity index (χ0) is 13.9. The monoisotopic (exact) mass is 271 g/mol. The van der Waals surface area contributed by atoms with Crippen LogP contribution in [0.1, 0.15) is 37.3 Å². The van der Waals surface area contributed by atoms with Crippen molar-refractivity contribution in [2.75, 3.05) is 13.1 Å². The fraction of sp³-hybridized carbons (Fsp3) is 0.600. The van der Waals surface area contributed by atoms with E-state index >= 15 is 0 Å². The van der Waals surface area contributed by atoms with E-state index in [2.05, 4.69) is 11.8 Å². The molecule has 0 bridgehead atoms. The van der Waals surface area contributed by atoms with Gasteiger partial charge in [-0.3, -0.25) is 4.90 Å². The van der Waals surface area contributed by atoms with Gasteiger partial charge in [0.25, 0.3) is 0 Å². The Kier molecular flexibility index (Phi) is 4.50. The molecule has 1 fully saturated rings. The summed E-state index contributed by atoms with van der Waals surface area (Å²) in [5.74, 6) is 0.823. The number of hydrogen-bond acceptors (Lipinski definition) is 1. The van der Waals surface area contributed by atoms with Gasteiger partial charge >= 0.3 is 6.18 Å². The number of piperidine rings is 1. The lowest BCUT2D eigenvalue weighted by atomic mass is 9.94. The van der Waals surface area contributed by atoms with Crippen molar-refractivity contribution in [3.8, 4) is 0 Å². The number of hydrogen-bond donors (Lipinski definition) is 0. The van der Waals surface area contributed by atoms with Gasteiger partial charge in [-0.15, -0.1) is 0 Å². The Bertz CT molecular complexity index is 389. The van der Waals surface area contributed by atoms with Crippen LogP contribution in [0.5, 0.6) is 0 Å². The van der Waals surface area contributed by atoms with Gasteiger partial charge in [0, 0.05) is 6.54 Å². The standard InChI is InChI=1S/C15H20F3N/c1-2-12-7-9-19(10-8-12)11-13-3-5-14(6-4-13)15(16,17)18/h3-6,12H,2,7-11H2,1H3. The minimum Gasteiger partial charge on any atom is -0.299 e. The highest BCUT2D eigenvalue weighted by molar-refractivity contribution is 5.24. The smallest absolute Gasteiger partial charge is 0.299 e. The third-order valence-corrected chi connectivity index (χ3v) is 3.97. The van der Waals surface area contributed by atoms with E-state index in [1.807, 2.05) is 0 Å². The summed E-state index contributed by atoms with van der Waals surface area (Å²) in [6.45, 7) is 5.09. The first-order valence-corrected chi connectivity index (χ1v) is 6.87. The van der Waals surface area contributed by atoms with Crippen LogP contribution >= 0.6 is 0 Å². The van der Waals surface area contributed by atoms with Gasteiger partial charge in [-0.1, -0.05) is 25.5 Å². The molecule has 0 aromatic heterocycles. The summed E-state index contributed by atoms with van der Waals surface area (Å²) >= 11 is 0. The van der Waals surface area contributed by atoms with Crippen LogP contribution in [-0.2, 0) is 12.7 Å². The minimum atomic E-state index is -4.24. The lowest BCUT2D eigenvalue weighted by Crippen LogP contribution is -2.33. The average molecular weight is 271 g/mol. The van der Waals surface area contributed by atoms with Crippen molar-refractivity contribution in [1.82, 2.24) is 4.90 Å². The second kappa shape index (κ2) is 5.95. The molecule has 0 aliphatic carbocycles. The van der Waals surface area contributed by atoms with Crippen LogP contribution in [0.3, 0.4) is 0 Å². The van der Waals surface area contributed by atoms with Crippen LogP contribution in [0.25, 0.3) is 0 Å². The van der Waals surface area contributed by atoms with Gasteiger partial charge < -0.3 is 0 Å². The lowest BCUT2D eigenvalue weighted by Gasteiger charge is -2.31. The molecule has 1 saturated heterocycles. The first-order chi connectivity index (χ1) is 8.99. The maximum Gasteiger partial charge on any atom is 0.416 e. The molecule has 106 valence electrons. The van der Waals surface area contributed by atoms with E-state index in [9.17, 15) is 13.2 Å². The van der Waals surface area contributed by atoms with Crippen LogP contribution in [0, 0.1) is 5.92 Å². The van der Waals surface area contributed by atoms with Gasteiger partial charge in [0.1, 0.15) is 0 Å². The van der Waals surface area contributed by atoms with Crippen LogP contribution < -0.4 is 0 Å². The highest BCUT2D eigenvalue weighted by Crippen LogP contribution is 2.29. The molecule has 1 aliphatic rings. The SMILES string of the molecule is CCC1CCN(Cc2ccc(C(F)(F)F)cc2)CC1. The van der Waals surface area contributed by atoms with Crippen molar-refractivity contribution in [3.63, 3.8) is 0 Å². The van der Waals surface area contributed by atoms with Gasteiger partial charge in [-0.25, -0.2) is 0 Å².